The molecule has 4 rings (SSSR count). The molecule has 0 spiro atoms. The lowest BCUT2D eigenvalue weighted by molar-refractivity contribution is -0.136. The van der Waals surface area contributed by atoms with E-state index in [1.807, 2.05) is 42.2 Å². The number of aliphatic imine (C=N–C) groups is 1. The van der Waals surface area contributed by atoms with E-state index >= 15 is 0 Å². The molecular weight excluding hydrogens is 366 g/mol. The van der Waals surface area contributed by atoms with Gasteiger partial charge in [-0.3, -0.25) is 14.6 Å². The summed E-state index contributed by atoms with van der Waals surface area (Å²) in [6.45, 7) is 9.64. The van der Waals surface area contributed by atoms with Crippen molar-refractivity contribution in [3.05, 3.63) is 47.3 Å². The third-order valence-electron chi connectivity index (χ3n) is 6.02. The van der Waals surface area contributed by atoms with Crippen LogP contribution in [0, 0.1) is 5.92 Å². The Kier molecular flexibility index (Phi) is 4.84. The molecule has 0 saturated carbocycles. The summed E-state index contributed by atoms with van der Waals surface area (Å²) >= 11 is 0. The molecule has 3 aliphatic heterocycles. The number of hydrogen-bond donors (Lipinski definition) is 0. The number of benzene rings is 1. The number of hydrogen-bond acceptors (Lipinski definition) is 5. The molecule has 154 valence electrons. The summed E-state index contributed by atoms with van der Waals surface area (Å²) in [4.78, 5) is 38.4. The van der Waals surface area contributed by atoms with Crippen LogP contribution in [0.2, 0.25) is 0 Å². The first-order chi connectivity index (χ1) is 13.8. The summed E-state index contributed by atoms with van der Waals surface area (Å²) < 4.78 is 0. The minimum absolute atomic E-state index is 0.161. The molecule has 2 atom stereocenters. The molecule has 0 N–H and O–H groups in total. The molecular formula is C22H29N5O2. The standard InChI is InChI=1S/C22H29N5O2/c1-14(2)13-26-15(3)16(4)27-18-19(23-21(26)27)24(5)22(29)25(20(18)28)12-11-17-9-7-6-8-10-17/h6-10,14,18-19H,11-13H2,1-5H3. The summed E-state index contributed by atoms with van der Waals surface area (Å²) in [7, 11) is 1.74. The molecule has 0 aromatic heterocycles. The number of imide groups is 1. The summed E-state index contributed by atoms with van der Waals surface area (Å²) in [6, 6.07) is 9.18. The van der Waals surface area contributed by atoms with E-state index in [9.17, 15) is 9.59 Å². The topological polar surface area (TPSA) is 59.5 Å². The van der Waals surface area contributed by atoms with Gasteiger partial charge in [0.1, 0.15) is 0 Å². The average molecular weight is 396 g/mol. The van der Waals surface area contributed by atoms with Crippen molar-refractivity contribution in [2.24, 2.45) is 10.9 Å². The molecule has 3 aliphatic rings. The van der Waals surface area contributed by atoms with Gasteiger partial charge in [0.25, 0.3) is 5.91 Å². The van der Waals surface area contributed by atoms with Gasteiger partial charge in [-0.15, -0.1) is 0 Å². The second-order valence-electron chi connectivity index (χ2n) is 8.45. The van der Waals surface area contributed by atoms with Gasteiger partial charge in [-0.25, -0.2) is 9.79 Å². The van der Waals surface area contributed by atoms with Crippen molar-refractivity contribution in [3.63, 3.8) is 0 Å². The number of fused-ring (bicyclic) bond motifs is 3. The largest absolute Gasteiger partial charge is 0.328 e. The number of urea groups is 1. The van der Waals surface area contributed by atoms with E-state index in [4.69, 9.17) is 4.99 Å². The van der Waals surface area contributed by atoms with Gasteiger partial charge >= 0.3 is 6.03 Å². The van der Waals surface area contributed by atoms with Crippen LogP contribution in [0.15, 0.2) is 46.7 Å². The predicted octanol–water partition coefficient (Wildman–Crippen LogP) is 2.71. The molecule has 3 amide bonds. The van der Waals surface area contributed by atoms with Crippen LogP contribution in [0.4, 0.5) is 4.79 Å². The first-order valence-electron chi connectivity index (χ1n) is 10.3. The smallest absolute Gasteiger partial charge is 0.314 e. The van der Waals surface area contributed by atoms with Gasteiger partial charge in [0, 0.05) is 31.5 Å². The normalized spacial score (nSPS) is 24.0. The molecule has 29 heavy (non-hydrogen) atoms. The lowest BCUT2D eigenvalue weighted by Crippen LogP contribution is -2.64. The highest BCUT2D eigenvalue weighted by Gasteiger charge is 2.55. The van der Waals surface area contributed by atoms with Gasteiger partial charge in [0.15, 0.2) is 12.2 Å². The molecule has 1 fully saturated rings. The minimum Gasteiger partial charge on any atom is -0.314 e. The molecule has 7 nitrogen and oxygen atoms in total. The van der Waals surface area contributed by atoms with Crippen LogP contribution in [0.5, 0.6) is 0 Å². The highest BCUT2D eigenvalue weighted by atomic mass is 16.2. The lowest BCUT2D eigenvalue weighted by Gasteiger charge is -2.40. The van der Waals surface area contributed by atoms with Crippen molar-refractivity contribution in [3.8, 4) is 0 Å². The SMILES string of the molecule is CC1=C(C)N2C(=NC3C2C(=O)N(CCc2ccccc2)C(=O)N3C)N1CC(C)C. The van der Waals surface area contributed by atoms with E-state index < -0.39 is 12.2 Å². The zero-order valence-electron chi connectivity index (χ0n) is 17.8. The van der Waals surface area contributed by atoms with Crippen LogP contribution in [-0.2, 0) is 11.2 Å². The van der Waals surface area contributed by atoms with Crippen LogP contribution < -0.4 is 0 Å². The highest BCUT2D eigenvalue weighted by Crippen LogP contribution is 2.37. The van der Waals surface area contributed by atoms with Crippen molar-refractivity contribution >= 4 is 17.9 Å². The minimum atomic E-state index is -0.490. The highest BCUT2D eigenvalue weighted by molar-refractivity contribution is 6.05. The van der Waals surface area contributed by atoms with Crippen molar-refractivity contribution < 1.29 is 9.59 Å². The Hall–Kier alpha value is -2.83. The van der Waals surface area contributed by atoms with E-state index in [1.165, 1.54) is 4.90 Å². The predicted molar refractivity (Wildman–Crippen MR) is 112 cm³/mol. The first-order valence-corrected chi connectivity index (χ1v) is 10.3. The van der Waals surface area contributed by atoms with Crippen LogP contribution in [0.3, 0.4) is 0 Å². The molecule has 1 aromatic rings. The quantitative estimate of drug-likeness (QED) is 0.769. The second-order valence-corrected chi connectivity index (χ2v) is 8.45. The number of carbonyl (C=O) groups is 2. The summed E-state index contributed by atoms with van der Waals surface area (Å²) in [6.07, 6.45) is 0.167. The molecule has 0 aliphatic carbocycles. The number of likely N-dealkylation sites (N-methyl/N-ethyl adjacent to an activating group) is 1. The summed E-state index contributed by atoms with van der Waals surface area (Å²) in [5.74, 6) is 1.09. The van der Waals surface area contributed by atoms with E-state index in [0.29, 0.717) is 18.9 Å². The fourth-order valence-corrected chi connectivity index (χ4v) is 4.36. The molecule has 3 heterocycles. The molecule has 0 bridgehead atoms. The molecule has 7 heteroatoms. The zero-order chi connectivity index (χ0) is 20.9. The maximum Gasteiger partial charge on any atom is 0.328 e. The van der Waals surface area contributed by atoms with E-state index in [0.717, 1.165) is 29.5 Å². The second kappa shape index (κ2) is 7.21. The molecule has 1 saturated heterocycles. The maximum absolute atomic E-state index is 13.4. The number of allylic oxidation sites excluding steroid dienone is 2. The Bertz CT molecular complexity index is 892. The lowest BCUT2D eigenvalue weighted by atomic mass is 10.1. The van der Waals surface area contributed by atoms with Crippen molar-refractivity contribution in [1.29, 1.82) is 0 Å². The zero-order valence-corrected chi connectivity index (χ0v) is 17.8. The monoisotopic (exact) mass is 395 g/mol. The van der Waals surface area contributed by atoms with Gasteiger partial charge in [-0.2, -0.15) is 0 Å². The van der Waals surface area contributed by atoms with E-state index in [-0.39, 0.29) is 11.9 Å². The number of rotatable bonds is 5. The first kappa shape index (κ1) is 19.5. The third-order valence-corrected chi connectivity index (χ3v) is 6.02. The molecule has 2 unspecified atom stereocenters. The van der Waals surface area contributed by atoms with E-state index in [1.54, 1.807) is 11.9 Å². The number of carbonyl (C=O) groups excluding carboxylic acids is 2. The van der Waals surface area contributed by atoms with E-state index in [2.05, 4.69) is 25.7 Å². The summed E-state index contributed by atoms with van der Waals surface area (Å²) in [5.41, 5.74) is 3.27. The van der Waals surface area contributed by atoms with Gasteiger partial charge in [0.2, 0.25) is 5.96 Å². The average Bonchev–Trinajstić information content (AvgIpc) is 3.19. The van der Waals surface area contributed by atoms with Crippen molar-refractivity contribution in [2.45, 2.75) is 46.3 Å². The third kappa shape index (κ3) is 3.09. The Morgan fingerprint density at radius 3 is 2.38 bits per heavy atom. The fourth-order valence-electron chi connectivity index (χ4n) is 4.36. The summed E-state index contributed by atoms with van der Waals surface area (Å²) in [5, 5.41) is 0. The Morgan fingerprint density at radius 1 is 1.03 bits per heavy atom. The number of nitrogens with zero attached hydrogens (tertiary/aromatic N) is 5. The van der Waals surface area contributed by atoms with Gasteiger partial charge < -0.3 is 9.80 Å². The van der Waals surface area contributed by atoms with Crippen LogP contribution in [0.25, 0.3) is 0 Å². The van der Waals surface area contributed by atoms with Gasteiger partial charge in [-0.05, 0) is 31.7 Å². The van der Waals surface area contributed by atoms with Crippen molar-refractivity contribution in [1.82, 2.24) is 19.6 Å². The fraction of sp³-hybridized carbons (Fsp3) is 0.500. The maximum atomic E-state index is 13.4. The Morgan fingerprint density at radius 2 is 1.72 bits per heavy atom. The van der Waals surface area contributed by atoms with Gasteiger partial charge in [0.05, 0.1) is 0 Å². The van der Waals surface area contributed by atoms with Crippen LogP contribution in [0.1, 0.15) is 33.3 Å². The number of guanidine groups is 1. The van der Waals surface area contributed by atoms with Crippen LogP contribution in [-0.4, -0.2) is 69.8 Å². The number of amides is 3. The molecule has 1 aromatic carbocycles. The van der Waals surface area contributed by atoms with Crippen LogP contribution >= 0.6 is 0 Å². The van der Waals surface area contributed by atoms with Gasteiger partial charge in [-0.1, -0.05) is 44.2 Å². The Labute approximate surface area is 172 Å². The molecule has 0 radical (unpaired) electrons. The van der Waals surface area contributed by atoms with Crippen molar-refractivity contribution in [2.75, 3.05) is 20.1 Å². The Balaban J connectivity index is 1.60.